The third-order valence-corrected chi connectivity index (χ3v) is 1.79. The summed E-state index contributed by atoms with van der Waals surface area (Å²) in [5, 5.41) is 0. The van der Waals surface area contributed by atoms with E-state index in [2.05, 4.69) is 15.6 Å². The number of hydrogen-bond acceptors (Lipinski definition) is 6. The Hall–Kier alpha value is -2.18. The van der Waals surface area contributed by atoms with Gasteiger partial charge in [0, 0.05) is 6.08 Å². The second-order valence-corrected chi connectivity index (χ2v) is 2.77. The first kappa shape index (κ1) is 11.9. The van der Waals surface area contributed by atoms with Crippen LogP contribution in [-0.2, 0) is 19.3 Å². The van der Waals surface area contributed by atoms with Crippen molar-refractivity contribution in [2.24, 2.45) is 11.8 Å². The number of hydrogen-bond donors (Lipinski definition) is 2. The summed E-state index contributed by atoms with van der Waals surface area (Å²) in [6.45, 7) is 0. The zero-order chi connectivity index (χ0) is 12.0. The van der Waals surface area contributed by atoms with Crippen LogP contribution in [0.1, 0.15) is 5.56 Å². The third-order valence-electron chi connectivity index (χ3n) is 1.79. The Morgan fingerprint density at radius 2 is 1.69 bits per heavy atom. The predicted octanol–water partition coefficient (Wildman–Crippen LogP) is -0.0962. The second-order valence-electron chi connectivity index (χ2n) is 2.77. The van der Waals surface area contributed by atoms with E-state index in [1.165, 1.54) is 0 Å². The molecule has 6 nitrogen and oxygen atoms in total. The first-order valence-corrected chi connectivity index (χ1v) is 4.28. The van der Waals surface area contributed by atoms with E-state index in [0.717, 1.165) is 6.08 Å². The van der Waals surface area contributed by atoms with Crippen molar-refractivity contribution < 1.29 is 19.3 Å². The molecule has 0 radical (unpaired) electrons. The van der Waals surface area contributed by atoms with Gasteiger partial charge in [-0.25, -0.2) is 9.59 Å². The van der Waals surface area contributed by atoms with Crippen LogP contribution in [0.25, 0.3) is 5.57 Å². The van der Waals surface area contributed by atoms with Crippen LogP contribution in [0.15, 0.2) is 36.4 Å². The Labute approximate surface area is 91.3 Å². The standard InChI is InChI=1S/C10H10N2O4/c11-15-9(13)6-8(10(14)16-12)7-4-2-1-3-5-7/h1-6H,11-12H2/b8-6-. The maximum absolute atomic E-state index is 11.3. The normalized spacial score (nSPS) is 10.8. The highest BCUT2D eigenvalue weighted by atomic mass is 16.7. The highest BCUT2D eigenvalue weighted by Crippen LogP contribution is 2.15. The van der Waals surface area contributed by atoms with Gasteiger partial charge in [0.2, 0.25) is 0 Å². The molecule has 6 heteroatoms. The number of carbonyl (C=O) groups is 2. The molecule has 4 N–H and O–H groups in total. The number of nitrogens with two attached hydrogens (primary N) is 2. The second kappa shape index (κ2) is 5.64. The molecule has 16 heavy (non-hydrogen) atoms. The van der Waals surface area contributed by atoms with Crippen molar-refractivity contribution in [2.45, 2.75) is 0 Å². The van der Waals surface area contributed by atoms with Crippen LogP contribution in [0.2, 0.25) is 0 Å². The molecule has 0 spiro atoms. The number of benzene rings is 1. The molecule has 0 heterocycles. The molecule has 0 saturated carbocycles. The number of carbonyl (C=O) groups excluding carboxylic acids is 2. The summed E-state index contributed by atoms with van der Waals surface area (Å²) >= 11 is 0. The van der Waals surface area contributed by atoms with Gasteiger partial charge in [-0.3, -0.25) is 0 Å². The molecule has 0 amide bonds. The quantitative estimate of drug-likeness (QED) is 0.546. The van der Waals surface area contributed by atoms with Gasteiger partial charge < -0.3 is 9.68 Å². The topological polar surface area (TPSA) is 105 Å². The minimum atomic E-state index is -0.871. The molecular formula is C10H10N2O4. The maximum Gasteiger partial charge on any atom is 0.357 e. The van der Waals surface area contributed by atoms with Crippen molar-refractivity contribution >= 4 is 17.5 Å². The largest absolute Gasteiger partial charge is 0.370 e. The van der Waals surface area contributed by atoms with Gasteiger partial charge in [0.05, 0.1) is 5.57 Å². The fraction of sp³-hybridized carbons (Fsp3) is 0. The van der Waals surface area contributed by atoms with E-state index < -0.39 is 11.9 Å². The molecule has 0 unspecified atom stereocenters. The zero-order valence-corrected chi connectivity index (χ0v) is 8.25. The van der Waals surface area contributed by atoms with Crippen molar-refractivity contribution in [2.75, 3.05) is 0 Å². The highest BCUT2D eigenvalue weighted by molar-refractivity contribution is 6.20. The van der Waals surface area contributed by atoms with E-state index in [1.807, 2.05) is 0 Å². The lowest BCUT2D eigenvalue weighted by Gasteiger charge is -2.03. The fourth-order valence-electron chi connectivity index (χ4n) is 1.09. The summed E-state index contributed by atoms with van der Waals surface area (Å²) in [5.74, 6) is 7.69. The van der Waals surface area contributed by atoms with Gasteiger partial charge in [-0.15, -0.1) is 0 Å². The van der Waals surface area contributed by atoms with Gasteiger partial charge in [0.15, 0.2) is 0 Å². The lowest BCUT2D eigenvalue weighted by atomic mass is 10.1. The monoisotopic (exact) mass is 222 g/mol. The molecule has 1 rings (SSSR count). The molecule has 0 saturated heterocycles. The van der Waals surface area contributed by atoms with E-state index in [-0.39, 0.29) is 5.57 Å². The summed E-state index contributed by atoms with van der Waals surface area (Å²) in [7, 11) is 0. The zero-order valence-electron chi connectivity index (χ0n) is 8.25. The molecular weight excluding hydrogens is 212 g/mol. The Morgan fingerprint density at radius 3 is 2.19 bits per heavy atom. The van der Waals surface area contributed by atoms with Crippen LogP contribution in [0.5, 0.6) is 0 Å². The minimum Gasteiger partial charge on any atom is -0.370 e. The van der Waals surface area contributed by atoms with Crippen LogP contribution in [-0.4, -0.2) is 11.9 Å². The highest BCUT2D eigenvalue weighted by Gasteiger charge is 2.14. The summed E-state index contributed by atoms with van der Waals surface area (Å²) in [6.07, 6.45) is 0.907. The smallest absolute Gasteiger partial charge is 0.357 e. The van der Waals surface area contributed by atoms with Gasteiger partial charge in [-0.1, -0.05) is 30.3 Å². The lowest BCUT2D eigenvalue weighted by molar-refractivity contribution is -0.140. The SMILES string of the molecule is NOC(=O)/C=C(\C(=O)ON)c1ccccc1. The molecule has 0 aromatic heterocycles. The number of rotatable bonds is 3. The van der Waals surface area contributed by atoms with Crippen LogP contribution >= 0.6 is 0 Å². The Morgan fingerprint density at radius 1 is 1.06 bits per heavy atom. The Balaban J connectivity index is 3.11. The Bertz CT molecular complexity index is 414. The molecule has 0 atom stereocenters. The van der Waals surface area contributed by atoms with Crippen molar-refractivity contribution in [1.82, 2.24) is 0 Å². The average Bonchev–Trinajstić information content (AvgIpc) is 2.35. The van der Waals surface area contributed by atoms with Crippen molar-refractivity contribution in [1.29, 1.82) is 0 Å². The first-order valence-electron chi connectivity index (χ1n) is 4.28. The summed E-state index contributed by atoms with van der Waals surface area (Å²) in [4.78, 5) is 30.2. The van der Waals surface area contributed by atoms with Gasteiger partial charge >= 0.3 is 11.9 Å². The summed E-state index contributed by atoms with van der Waals surface area (Å²) in [6, 6.07) is 8.39. The average molecular weight is 222 g/mol. The lowest BCUT2D eigenvalue weighted by Crippen LogP contribution is -2.15. The summed E-state index contributed by atoms with van der Waals surface area (Å²) in [5.41, 5.74) is 0.446. The maximum atomic E-state index is 11.3. The Kier molecular flexibility index (Phi) is 4.19. The van der Waals surface area contributed by atoms with Crippen LogP contribution < -0.4 is 11.8 Å². The van der Waals surface area contributed by atoms with Gasteiger partial charge in [0.25, 0.3) is 0 Å². The van der Waals surface area contributed by atoms with Crippen LogP contribution in [0.3, 0.4) is 0 Å². The van der Waals surface area contributed by atoms with E-state index in [9.17, 15) is 9.59 Å². The van der Waals surface area contributed by atoms with Crippen molar-refractivity contribution in [3.05, 3.63) is 42.0 Å². The first-order chi connectivity index (χ1) is 7.69. The van der Waals surface area contributed by atoms with E-state index in [0.29, 0.717) is 5.56 Å². The molecule has 0 bridgehead atoms. The van der Waals surface area contributed by atoms with E-state index in [4.69, 9.17) is 5.90 Å². The molecule has 1 aromatic carbocycles. The van der Waals surface area contributed by atoms with Gasteiger partial charge in [0.1, 0.15) is 0 Å². The van der Waals surface area contributed by atoms with Gasteiger partial charge in [-0.05, 0) is 5.56 Å². The molecule has 0 aliphatic carbocycles. The molecule has 84 valence electrons. The summed E-state index contributed by atoms with van der Waals surface area (Å²) < 4.78 is 0. The predicted molar refractivity (Wildman–Crippen MR) is 55.0 cm³/mol. The van der Waals surface area contributed by atoms with E-state index >= 15 is 0 Å². The van der Waals surface area contributed by atoms with Crippen LogP contribution in [0.4, 0.5) is 0 Å². The van der Waals surface area contributed by atoms with Crippen molar-refractivity contribution in [3.8, 4) is 0 Å². The van der Waals surface area contributed by atoms with Crippen molar-refractivity contribution in [3.63, 3.8) is 0 Å². The molecule has 0 aliphatic rings. The molecule has 0 aliphatic heterocycles. The minimum absolute atomic E-state index is 0.0291. The van der Waals surface area contributed by atoms with Crippen LogP contribution in [0, 0.1) is 0 Å². The third kappa shape index (κ3) is 2.91. The van der Waals surface area contributed by atoms with E-state index in [1.54, 1.807) is 30.3 Å². The molecule has 1 aromatic rings. The molecule has 0 fully saturated rings. The van der Waals surface area contributed by atoms with Gasteiger partial charge in [-0.2, -0.15) is 11.8 Å². The fourth-order valence-corrected chi connectivity index (χ4v) is 1.09.